The molecule has 0 aliphatic heterocycles. The third-order valence-corrected chi connectivity index (χ3v) is 13.0. The highest BCUT2D eigenvalue weighted by atomic mass is 16.3. The van der Waals surface area contributed by atoms with E-state index in [-0.39, 0.29) is 5.92 Å². The van der Waals surface area contributed by atoms with Crippen LogP contribution in [0.15, 0.2) is 211 Å². The summed E-state index contributed by atoms with van der Waals surface area (Å²) in [5, 5.41) is 15.6. The average molecular weight is 830 g/mol. The fourth-order valence-electron chi connectivity index (χ4n) is 10.1. The van der Waals surface area contributed by atoms with E-state index >= 15 is 0 Å². The average Bonchev–Trinajstić information content (AvgIpc) is 4.04. The van der Waals surface area contributed by atoms with Gasteiger partial charge in [0.15, 0.2) is 17.5 Å². The number of nitriles is 1. The van der Waals surface area contributed by atoms with Crippen molar-refractivity contribution in [2.75, 3.05) is 0 Å². The molecule has 6 heteroatoms. The molecule has 65 heavy (non-hydrogen) atoms. The molecule has 1 atom stereocenters. The van der Waals surface area contributed by atoms with Crippen LogP contribution in [0.4, 0.5) is 0 Å². The summed E-state index contributed by atoms with van der Waals surface area (Å²) in [5.74, 6) is 1.43. The summed E-state index contributed by atoms with van der Waals surface area (Å²) in [6.45, 7) is 0. The predicted molar refractivity (Wildman–Crippen MR) is 261 cm³/mol. The smallest absolute Gasteiger partial charge is 0.164 e. The lowest BCUT2D eigenvalue weighted by atomic mass is 9.84. The maximum Gasteiger partial charge on any atom is 0.164 e. The highest BCUT2D eigenvalue weighted by molar-refractivity contribution is 6.15. The van der Waals surface area contributed by atoms with Crippen molar-refractivity contribution < 1.29 is 4.42 Å². The Hall–Kier alpha value is -8.92. The van der Waals surface area contributed by atoms with Crippen LogP contribution >= 0.6 is 0 Å². The van der Waals surface area contributed by atoms with Gasteiger partial charge in [-0.2, -0.15) is 5.26 Å². The summed E-state index contributed by atoms with van der Waals surface area (Å²) in [6.07, 6.45) is 0. The molecule has 1 aliphatic rings. The number of aromatic nitrogens is 4. The molecular weight excluding hydrogens is 795 g/mol. The number of para-hydroxylation sites is 2. The van der Waals surface area contributed by atoms with Crippen LogP contribution in [0.1, 0.15) is 28.2 Å². The summed E-state index contributed by atoms with van der Waals surface area (Å²) in [7, 11) is 0. The highest BCUT2D eigenvalue weighted by Gasteiger charge is 2.35. The Bertz CT molecular complexity index is 3900. The molecule has 0 fully saturated rings. The van der Waals surface area contributed by atoms with E-state index in [2.05, 4.69) is 150 Å². The van der Waals surface area contributed by atoms with Gasteiger partial charge in [0, 0.05) is 49.8 Å². The minimum Gasteiger partial charge on any atom is -0.456 e. The topological polar surface area (TPSA) is 80.5 Å². The Morgan fingerprint density at radius 3 is 1.82 bits per heavy atom. The number of furan rings is 1. The number of hydrogen-bond acceptors (Lipinski definition) is 5. The second-order valence-corrected chi connectivity index (χ2v) is 16.6. The molecule has 0 bridgehead atoms. The number of hydrogen-bond donors (Lipinski definition) is 0. The molecule has 3 heterocycles. The largest absolute Gasteiger partial charge is 0.456 e. The molecule has 0 saturated heterocycles. The molecule has 3 aromatic heterocycles. The van der Waals surface area contributed by atoms with Crippen LogP contribution in [-0.4, -0.2) is 19.5 Å². The van der Waals surface area contributed by atoms with E-state index in [9.17, 15) is 5.26 Å². The van der Waals surface area contributed by atoms with Crippen molar-refractivity contribution in [1.82, 2.24) is 19.5 Å². The van der Waals surface area contributed by atoms with Crippen LogP contribution in [-0.2, 0) is 0 Å². The van der Waals surface area contributed by atoms with Crippen molar-refractivity contribution in [2.24, 2.45) is 0 Å². The fraction of sp³-hybridized carbons (Fsp3) is 0.0169. The minimum atomic E-state index is -0.204. The lowest BCUT2D eigenvalue weighted by Gasteiger charge is -2.18. The summed E-state index contributed by atoms with van der Waals surface area (Å²) in [5.41, 5.74) is 16.0. The zero-order chi connectivity index (χ0) is 43.0. The van der Waals surface area contributed by atoms with Crippen molar-refractivity contribution >= 4 is 43.7 Å². The van der Waals surface area contributed by atoms with Crippen molar-refractivity contribution in [3.8, 4) is 68.2 Å². The van der Waals surface area contributed by atoms with Gasteiger partial charge in [-0.3, -0.25) is 0 Å². The first-order valence-corrected chi connectivity index (χ1v) is 21.8. The van der Waals surface area contributed by atoms with Crippen LogP contribution in [0, 0.1) is 11.3 Å². The summed E-state index contributed by atoms with van der Waals surface area (Å²) >= 11 is 0. The second-order valence-electron chi connectivity index (χ2n) is 16.6. The van der Waals surface area contributed by atoms with Crippen molar-refractivity contribution in [1.29, 1.82) is 5.26 Å². The molecule has 0 saturated carbocycles. The molecule has 0 N–H and O–H groups in total. The predicted octanol–water partition coefficient (Wildman–Crippen LogP) is 14.6. The van der Waals surface area contributed by atoms with Crippen LogP contribution in [0.25, 0.3) is 106 Å². The van der Waals surface area contributed by atoms with Gasteiger partial charge in [-0.15, -0.1) is 0 Å². The van der Waals surface area contributed by atoms with Crippen molar-refractivity contribution in [3.05, 3.63) is 229 Å². The van der Waals surface area contributed by atoms with Gasteiger partial charge < -0.3 is 8.98 Å². The van der Waals surface area contributed by atoms with E-state index in [1.165, 1.54) is 27.6 Å². The summed E-state index contributed by atoms with van der Waals surface area (Å²) in [6, 6.07) is 73.9. The van der Waals surface area contributed by atoms with Gasteiger partial charge in [-0.05, 0) is 81.4 Å². The van der Waals surface area contributed by atoms with E-state index in [1.54, 1.807) is 0 Å². The first-order chi connectivity index (χ1) is 32.2. The lowest BCUT2D eigenvalue weighted by Crippen LogP contribution is -2.04. The number of benzene rings is 9. The molecule has 12 aromatic rings. The van der Waals surface area contributed by atoms with Gasteiger partial charge in [0.05, 0.1) is 22.7 Å². The molecule has 6 nitrogen and oxygen atoms in total. The third-order valence-electron chi connectivity index (χ3n) is 13.0. The lowest BCUT2D eigenvalue weighted by molar-refractivity contribution is 0.669. The zero-order valence-electron chi connectivity index (χ0n) is 34.9. The van der Waals surface area contributed by atoms with Gasteiger partial charge in [0.2, 0.25) is 0 Å². The van der Waals surface area contributed by atoms with E-state index < -0.39 is 0 Å². The van der Waals surface area contributed by atoms with Crippen LogP contribution in [0.2, 0.25) is 0 Å². The Morgan fingerprint density at radius 1 is 0.431 bits per heavy atom. The molecule has 0 radical (unpaired) electrons. The van der Waals surface area contributed by atoms with Crippen LogP contribution < -0.4 is 0 Å². The van der Waals surface area contributed by atoms with E-state index in [4.69, 9.17) is 19.4 Å². The maximum absolute atomic E-state index is 11.1. The van der Waals surface area contributed by atoms with Crippen LogP contribution in [0.5, 0.6) is 0 Å². The monoisotopic (exact) mass is 829 g/mol. The van der Waals surface area contributed by atoms with Gasteiger partial charge in [0.1, 0.15) is 11.2 Å². The SMILES string of the molecule is N#Cc1cc(-c2nc(-c3ccccc3)nc(-c3ccc(-c4ccccc4)cc3)n2)ccc1C1c2ccccc2-c2ccc3c(c21)c1ccccc1n3-c1ccc2oc3ccccc3c2c1. The first kappa shape index (κ1) is 36.7. The fourth-order valence-corrected chi connectivity index (χ4v) is 10.1. The van der Waals surface area contributed by atoms with E-state index in [0.29, 0.717) is 23.0 Å². The second kappa shape index (κ2) is 14.6. The minimum absolute atomic E-state index is 0.204. The van der Waals surface area contributed by atoms with Gasteiger partial charge in [-0.1, -0.05) is 164 Å². The first-order valence-electron chi connectivity index (χ1n) is 21.8. The van der Waals surface area contributed by atoms with E-state index in [1.807, 2.05) is 66.7 Å². The van der Waals surface area contributed by atoms with E-state index in [0.717, 1.165) is 77.4 Å². The Balaban J connectivity index is 0.976. The maximum atomic E-state index is 11.1. The molecule has 0 amide bonds. The Labute approximate surface area is 374 Å². The Kier molecular flexibility index (Phi) is 8.24. The third kappa shape index (κ3) is 5.84. The number of rotatable bonds is 6. The van der Waals surface area contributed by atoms with Gasteiger partial charge >= 0.3 is 0 Å². The summed E-state index contributed by atoms with van der Waals surface area (Å²) in [4.78, 5) is 15.1. The molecule has 9 aromatic carbocycles. The standard InChI is InChI=1S/C59H35N5O/c60-35-41-33-40(59-62-57(38-15-5-2-6-16-38)61-58(63-59)39-25-23-37(24-26-39)36-13-3-1-4-14-36)27-29-43(41)54-46-19-8-7-17-44(46)47-30-31-51-55(56(47)54)48-20-9-11-21-50(48)64(51)42-28-32-53-49(34-42)45-18-10-12-22-52(45)65-53/h1-34,54H. The Morgan fingerprint density at radius 2 is 1.03 bits per heavy atom. The van der Waals surface area contributed by atoms with Crippen LogP contribution in [0.3, 0.4) is 0 Å². The molecule has 13 rings (SSSR count). The van der Waals surface area contributed by atoms with Crippen molar-refractivity contribution in [3.63, 3.8) is 0 Å². The quantitative estimate of drug-likeness (QED) is 0.167. The highest BCUT2D eigenvalue weighted by Crippen LogP contribution is 2.53. The normalized spacial score (nSPS) is 13.1. The molecular formula is C59H35N5O. The van der Waals surface area contributed by atoms with Gasteiger partial charge in [-0.25, -0.2) is 15.0 Å². The summed E-state index contributed by atoms with van der Waals surface area (Å²) < 4.78 is 8.61. The number of fused-ring (bicyclic) bond motifs is 10. The molecule has 1 unspecified atom stereocenters. The molecule has 0 spiro atoms. The molecule has 1 aliphatic carbocycles. The van der Waals surface area contributed by atoms with Gasteiger partial charge in [0.25, 0.3) is 0 Å². The molecule has 302 valence electrons. The number of nitrogens with zero attached hydrogens (tertiary/aromatic N) is 5. The zero-order valence-corrected chi connectivity index (χ0v) is 34.9. The van der Waals surface area contributed by atoms with Crippen molar-refractivity contribution in [2.45, 2.75) is 5.92 Å².